The molecule has 6 nitrogen and oxygen atoms in total. The zero-order chi connectivity index (χ0) is 18.6. The Morgan fingerprint density at radius 2 is 2.04 bits per heavy atom. The molecule has 140 valence electrons. The van der Waals surface area contributed by atoms with Crippen LogP contribution >= 0.6 is 11.5 Å². The Balaban J connectivity index is 1.60. The number of hydrogen-bond acceptors (Lipinski definition) is 5. The van der Waals surface area contributed by atoms with E-state index in [0.29, 0.717) is 6.54 Å². The highest BCUT2D eigenvalue weighted by Gasteiger charge is 2.28. The monoisotopic (exact) mass is 373 g/mol. The molecular formula is C19H27N5OS. The molecule has 0 aliphatic carbocycles. The van der Waals surface area contributed by atoms with Gasteiger partial charge in [0.15, 0.2) is 0 Å². The third kappa shape index (κ3) is 4.72. The van der Waals surface area contributed by atoms with Crippen molar-refractivity contribution in [1.29, 1.82) is 0 Å². The Hall–Kier alpha value is -2.15. The lowest BCUT2D eigenvalue weighted by Crippen LogP contribution is -2.47. The molecule has 1 aliphatic heterocycles. The number of hydrogen-bond donors (Lipinski definition) is 2. The molecule has 1 aromatic heterocycles. The average Bonchev–Trinajstić information content (AvgIpc) is 3.11. The van der Waals surface area contributed by atoms with Gasteiger partial charge in [-0.05, 0) is 31.4 Å². The van der Waals surface area contributed by atoms with Crippen LogP contribution in [0.1, 0.15) is 45.9 Å². The van der Waals surface area contributed by atoms with E-state index in [1.54, 1.807) is 0 Å². The fourth-order valence-corrected chi connectivity index (χ4v) is 3.96. The number of aromatic nitrogens is 2. The van der Waals surface area contributed by atoms with Crippen molar-refractivity contribution in [3.63, 3.8) is 0 Å². The molecule has 1 aliphatic rings. The number of anilines is 2. The smallest absolute Gasteiger partial charge is 0.319 e. The van der Waals surface area contributed by atoms with Gasteiger partial charge >= 0.3 is 6.03 Å². The predicted molar refractivity (Wildman–Crippen MR) is 107 cm³/mol. The molecule has 2 N–H and O–H groups in total. The quantitative estimate of drug-likeness (QED) is 0.849. The summed E-state index contributed by atoms with van der Waals surface area (Å²) in [7, 11) is 0. The summed E-state index contributed by atoms with van der Waals surface area (Å²) in [5.74, 6) is 0.886. The lowest BCUT2D eigenvalue weighted by atomic mass is 9.96. The molecule has 1 fully saturated rings. The van der Waals surface area contributed by atoms with Crippen molar-refractivity contribution in [2.24, 2.45) is 0 Å². The Kier molecular flexibility index (Phi) is 5.76. The number of benzene rings is 1. The van der Waals surface area contributed by atoms with Gasteiger partial charge in [-0.15, -0.1) is 0 Å². The van der Waals surface area contributed by atoms with Gasteiger partial charge in [0.25, 0.3) is 0 Å². The van der Waals surface area contributed by atoms with Crippen LogP contribution in [0.25, 0.3) is 0 Å². The molecule has 1 atom stereocenters. The molecule has 2 heterocycles. The van der Waals surface area contributed by atoms with Gasteiger partial charge in [0, 0.05) is 41.8 Å². The largest absolute Gasteiger partial charge is 0.342 e. The second-order valence-corrected chi connectivity index (χ2v) is 8.42. The van der Waals surface area contributed by atoms with Crippen molar-refractivity contribution in [3.05, 3.63) is 36.2 Å². The number of nitrogens with zero attached hydrogens (tertiary/aromatic N) is 3. The topological polar surface area (TPSA) is 70.2 Å². The summed E-state index contributed by atoms with van der Waals surface area (Å²) in [5.41, 5.74) is 0.748. The van der Waals surface area contributed by atoms with E-state index in [-0.39, 0.29) is 17.5 Å². The number of amides is 2. The van der Waals surface area contributed by atoms with E-state index >= 15 is 0 Å². The summed E-state index contributed by atoms with van der Waals surface area (Å²) in [4.78, 5) is 19.2. The minimum Gasteiger partial charge on any atom is -0.342 e. The summed E-state index contributed by atoms with van der Waals surface area (Å²) in [6.07, 6.45) is 3.38. The summed E-state index contributed by atoms with van der Waals surface area (Å²) in [6.45, 7) is 7.94. The van der Waals surface area contributed by atoms with Crippen molar-refractivity contribution in [2.75, 3.05) is 23.3 Å². The minimum atomic E-state index is -0.172. The Morgan fingerprint density at radius 1 is 1.27 bits per heavy atom. The van der Waals surface area contributed by atoms with Crippen LogP contribution in [0.4, 0.5) is 15.6 Å². The molecule has 3 rings (SSSR count). The summed E-state index contributed by atoms with van der Waals surface area (Å²) in [6, 6.07) is 9.57. The first-order chi connectivity index (χ1) is 12.4. The zero-order valence-electron chi connectivity index (χ0n) is 15.7. The second-order valence-electron chi connectivity index (χ2n) is 7.69. The number of para-hydroxylation sites is 1. The van der Waals surface area contributed by atoms with Gasteiger partial charge in [0.2, 0.25) is 5.13 Å². The van der Waals surface area contributed by atoms with Crippen molar-refractivity contribution in [3.8, 4) is 0 Å². The first kappa shape index (κ1) is 18.6. The molecule has 2 amide bonds. The zero-order valence-corrected chi connectivity index (χ0v) is 16.5. The molecule has 2 aromatic rings. The second kappa shape index (κ2) is 8.03. The molecule has 0 saturated carbocycles. The fourth-order valence-electron chi connectivity index (χ4n) is 3.01. The van der Waals surface area contributed by atoms with E-state index in [1.165, 1.54) is 18.0 Å². The van der Waals surface area contributed by atoms with E-state index in [4.69, 9.17) is 4.98 Å². The Bertz CT molecular complexity index is 725. The van der Waals surface area contributed by atoms with Gasteiger partial charge in [-0.3, -0.25) is 0 Å². The van der Waals surface area contributed by atoms with Crippen LogP contribution in [0.5, 0.6) is 0 Å². The van der Waals surface area contributed by atoms with Crippen LogP contribution in [0.3, 0.4) is 0 Å². The number of carbonyl (C=O) groups excluding carboxylic acids is 1. The maximum atomic E-state index is 12.2. The third-order valence-corrected chi connectivity index (χ3v) is 5.24. The summed E-state index contributed by atoms with van der Waals surface area (Å²) < 4.78 is 4.54. The number of urea groups is 1. The molecule has 1 aromatic carbocycles. The molecular weight excluding hydrogens is 346 g/mol. The number of piperidine rings is 1. The SMILES string of the molecule is CC(C)(C)c1nsc(N2CCCCC2CNC(=O)Nc2ccccc2)n1. The summed E-state index contributed by atoms with van der Waals surface area (Å²) >= 11 is 1.46. The van der Waals surface area contributed by atoms with Gasteiger partial charge in [0.05, 0.1) is 0 Å². The maximum Gasteiger partial charge on any atom is 0.319 e. The molecule has 1 unspecified atom stereocenters. The molecule has 7 heteroatoms. The lowest BCUT2D eigenvalue weighted by molar-refractivity contribution is 0.250. The van der Waals surface area contributed by atoms with Crippen molar-refractivity contribution < 1.29 is 4.79 Å². The van der Waals surface area contributed by atoms with E-state index in [0.717, 1.165) is 36.0 Å². The van der Waals surface area contributed by atoms with Gasteiger partial charge in [-0.2, -0.15) is 4.37 Å². The van der Waals surface area contributed by atoms with Crippen molar-refractivity contribution in [1.82, 2.24) is 14.7 Å². The third-order valence-electron chi connectivity index (χ3n) is 4.49. The molecule has 0 radical (unpaired) electrons. The van der Waals surface area contributed by atoms with Crippen molar-refractivity contribution in [2.45, 2.75) is 51.5 Å². The molecule has 0 spiro atoms. The normalized spacial score (nSPS) is 17.8. The highest BCUT2D eigenvalue weighted by atomic mass is 32.1. The fraction of sp³-hybridized carbons (Fsp3) is 0.526. The number of rotatable bonds is 4. The predicted octanol–water partition coefficient (Wildman–Crippen LogP) is 4.02. The maximum absolute atomic E-state index is 12.2. The minimum absolute atomic E-state index is 0.0478. The average molecular weight is 374 g/mol. The van der Waals surface area contributed by atoms with E-state index in [2.05, 4.69) is 40.7 Å². The van der Waals surface area contributed by atoms with Gasteiger partial charge in [0.1, 0.15) is 5.82 Å². The first-order valence-electron chi connectivity index (χ1n) is 9.14. The Morgan fingerprint density at radius 3 is 2.73 bits per heavy atom. The highest BCUT2D eigenvalue weighted by Crippen LogP contribution is 2.29. The van der Waals surface area contributed by atoms with Gasteiger partial charge in [-0.25, -0.2) is 9.78 Å². The molecule has 26 heavy (non-hydrogen) atoms. The van der Waals surface area contributed by atoms with Crippen molar-refractivity contribution >= 4 is 28.4 Å². The highest BCUT2D eigenvalue weighted by molar-refractivity contribution is 7.09. The van der Waals surface area contributed by atoms with E-state index < -0.39 is 0 Å². The van der Waals surface area contributed by atoms with Crippen LogP contribution in [-0.4, -0.2) is 34.5 Å². The van der Waals surface area contributed by atoms with Crippen LogP contribution in [0, 0.1) is 0 Å². The summed E-state index contributed by atoms with van der Waals surface area (Å²) in [5, 5.41) is 6.83. The van der Waals surface area contributed by atoms with E-state index in [1.807, 2.05) is 30.3 Å². The molecule has 1 saturated heterocycles. The number of carbonyl (C=O) groups is 1. The standard InChI is InChI=1S/C19H27N5OS/c1-19(2,3)16-22-18(26-23-16)24-12-8-7-11-15(24)13-20-17(25)21-14-9-5-4-6-10-14/h4-6,9-10,15H,7-8,11-13H2,1-3H3,(H2,20,21,25). The van der Waals surface area contributed by atoms with Crippen LogP contribution < -0.4 is 15.5 Å². The van der Waals surface area contributed by atoms with Crippen LogP contribution in [0.15, 0.2) is 30.3 Å². The first-order valence-corrected chi connectivity index (χ1v) is 9.91. The Labute approximate surface area is 159 Å². The molecule has 0 bridgehead atoms. The van der Waals surface area contributed by atoms with Gasteiger partial charge in [-0.1, -0.05) is 39.0 Å². The lowest BCUT2D eigenvalue weighted by Gasteiger charge is -2.35. The van der Waals surface area contributed by atoms with Gasteiger partial charge < -0.3 is 15.5 Å². The van der Waals surface area contributed by atoms with Crippen LogP contribution in [-0.2, 0) is 5.41 Å². The van der Waals surface area contributed by atoms with Crippen LogP contribution in [0.2, 0.25) is 0 Å². The van der Waals surface area contributed by atoms with E-state index in [9.17, 15) is 4.79 Å². The number of nitrogens with one attached hydrogen (secondary N) is 2.